The molecule has 2 heterocycles. The van der Waals surface area contributed by atoms with Gasteiger partial charge in [0, 0.05) is 31.1 Å². The number of halogens is 1. The summed E-state index contributed by atoms with van der Waals surface area (Å²) in [5, 5.41) is 20.4. The third kappa shape index (κ3) is 4.84. The van der Waals surface area contributed by atoms with Crippen LogP contribution in [0.5, 0.6) is 0 Å². The molecular formula is C29H35FN4O3S. The molecule has 2 aromatic carbocycles. The second kappa shape index (κ2) is 10.0. The fourth-order valence-electron chi connectivity index (χ4n) is 5.83. The number of sulfonamides is 1. The minimum Gasteiger partial charge on any atom is -0.395 e. The molecule has 2 aliphatic rings. The van der Waals surface area contributed by atoms with Gasteiger partial charge in [-0.15, -0.1) is 0 Å². The average molecular weight is 539 g/mol. The predicted octanol–water partition coefficient (Wildman–Crippen LogP) is 4.19. The van der Waals surface area contributed by atoms with Gasteiger partial charge in [0.05, 0.1) is 23.4 Å². The number of H-pyrrole nitrogens is 1. The first kappa shape index (κ1) is 26.7. The van der Waals surface area contributed by atoms with Gasteiger partial charge in [0.25, 0.3) is 0 Å². The predicted molar refractivity (Wildman–Crippen MR) is 145 cm³/mol. The molecule has 0 radical (unpaired) electrons. The van der Waals surface area contributed by atoms with Crippen molar-refractivity contribution in [3.8, 4) is 0 Å². The van der Waals surface area contributed by atoms with Gasteiger partial charge in [-0.3, -0.25) is 5.10 Å². The molecule has 1 aromatic heterocycles. The molecule has 1 fully saturated rings. The van der Waals surface area contributed by atoms with Crippen LogP contribution in [-0.4, -0.2) is 54.3 Å². The van der Waals surface area contributed by atoms with E-state index in [0.717, 1.165) is 28.0 Å². The number of benzene rings is 2. The molecule has 5 rings (SSSR count). The Morgan fingerprint density at radius 1 is 1.16 bits per heavy atom. The van der Waals surface area contributed by atoms with Gasteiger partial charge < -0.3 is 10.4 Å². The number of hydrogen-bond acceptors (Lipinski definition) is 5. The monoisotopic (exact) mass is 538 g/mol. The molecule has 1 aliphatic carbocycles. The van der Waals surface area contributed by atoms with Crippen LogP contribution in [-0.2, 0) is 21.9 Å². The Morgan fingerprint density at radius 3 is 2.53 bits per heavy atom. The van der Waals surface area contributed by atoms with E-state index in [1.807, 2.05) is 12.1 Å². The van der Waals surface area contributed by atoms with Crippen molar-refractivity contribution in [2.75, 3.05) is 26.2 Å². The number of aliphatic hydroxyl groups excluding tert-OH is 1. The SMILES string of the molecule is CC(C)(C)c1ccc(S(=O)(=O)N2CCC3=Cc4[nH]ncc4C[C@@]3(C(NCCO)c3ccc(F)cc3)C2)cc1. The third-order valence-corrected chi connectivity index (χ3v) is 9.74. The highest BCUT2D eigenvalue weighted by Crippen LogP contribution is 2.51. The molecule has 0 bridgehead atoms. The first-order chi connectivity index (χ1) is 18.0. The van der Waals surface area contributed by atoms with Crippen LogP contribution >= 0.6 is 0 Å². The van der Waals surface area contributed by atoms with Crippen molar-refractivity contribution < 1.29 is 17.9 Å². The Kier molecular flexibility index (Phi) is 7.06. The molecule has 0 spiro atoms. The zero-order chi connectivity index (χ0) is 27.1. The van der Waals surface area contributed by atoms with Crippen LogP contribution in [0.15, 0.2) is 65.2 Å². The van der Waals surface area contributed by atoms with Crippen molar-refractivity contribution in [2.45, 2.75) is 50.0 Å². The normalized spacial score (nSPS) is 20.9. The number of hydrogen-bond donors (Lipinski definition) is 3. The number of rotatable bonds is 7. The number of nitrogens with one attached hydrogen (secondary N) is 2. The van der Waals surface area contributed by atoms with Crippen LogP contribution in [0.25, 0.3) is 6.08 Å². The van der Waals surface area contributed by atoms with Crippen molar-refractivity contribution in [3.63, 3.8) is 0 Å². The van der Waals surface area contributed by atoms with Crippen molar-refractivity contribution in [1.29, 1.82) is 0 Å². The Morgan fingerprint density at radius 2 is 1.87 bits per heavy atom. The van der Waals surface area contributed by atoms with E-state index in [9.17, 15) is 17.9 Å². The van der Waals surface area contributed by atoms with E-state index in [-0.39, 0.29) is 35.3 Å². The number of aliphatic hydroxyl groups is 1. The van der Waals surface area contributed by atoms with E-state index in [4.69, 9.17) is 0 Å². The molecule has 0 amide bonds. The lowest BCUT2D eigenvalue weighted by Gasteiger charge is -2.50. The fourth-order valence-corrected chi connectivity index (χ4v) is 7.34. The van der Waals surface area contributed by atoms with Crippen molar-refractivity contribution in [1.82, 2.24) is 19.8 Å². The van der Waals surface area contributed by atoms with Gasteiger partial charge in [-0.25, -0.2) is 12.8 Å². The van der Waals surface area contributed by atoms with E-state index in [1.165, 1.54) is 12.1 Å². The van der Waals surface area contributed by atoms with Gasteiger partial charge in [0.1, 0.15) is 5.82 Å². The fraction of sp³-hybridized carbons (Fsp3) is 0.414. The second-order valence-corrected chi connectivity index (χ2v) is 13.3. The number of nitrogens with zero attached hydrogens (tertiary/aromatic N) is 2. The summed E-state index contributed by atoms with van der Waals surface area (Å²) in [6.45, 7) is 7.13. The summed E-state index contributed by atoms with van der Waals surface area (Å²) < 4.78 is 43.4. The molecule has 7 nitrogen and oxygen atoms in total. The number of fused-ring (bicyclic) bond motifs is 2. The van der Waals surface area contributed by atoms with Crippen molar-refractivity contribution in [3.05, 3.63) is 88.5 Å². The highest BCUT2D eigenvalue weighted by molar-refractivity contribution is 7.89. The minimum atomic E-state index is -3.77. The van der Waals surface area contributed by atoms with Crippen LogP contribution < -0.4 is 5.32 Å². The summed E-state index contributed by atoms with van der Waals surface area (Å²) in [5.41, 5.74) is 4.23. The maximum absolute atomic E-state index is 14.0. The van der Waals surface area contributed by atoms with Crippen LogP contribution in [0.1, 0.15) is 55.6 Å². The van der Waals surface area contributed by atoms with E-state index in [2.05, 4.69) is 42.4 Å². The van der Waals surface area contributed by atoms with E-state index >= 15 is 0 Å². The van der Waals surface area contributed by atoms with Crippen molar-refractivity contribution >= 4 is 16.1 Å². The molecule has 2 atom stereocenters. The molecule has 1 unspecified atom stereocenters. The molecule has 9 heteroatoms. The Labute approximate surface area is 223 Å². The van der Waals surface area contributed by atoms with Gasteiger partial charge in [-0.2, -0.15) is 9.40 Å². The molecule has 202 valence electrons. The summed E-state index contributed by atoms with van der Waals surface area (Å²) in [6, 6.07) is 13.1. The Hall–Kier alpha value is -2.85. The highest BCUT2D eigenvalue weighted by atomic mass is 32.2. The standard InChI is InChI=1S/C29H35FN4O3S/c1-28(2,3)22-6-10-25(11-7-22)38(36,37)34-14-12-23-16-26-21(18-32-33-26)17-29(23,19-34)27(31-13-15-35)20-4-8-24(30)9-5-20/h4-11,16,18,27,31,35H,12-15,17,19H2,1-3H3,(H,32,33)/t27?,29-/m1/s1. The smallest absolute Gasteiger partial charge is 0.243 e. The molecule has 3 aromatic rings. The number of aromatic amines is 1. The lowest BCUT2D eigenvalue weighted by molar-refractivity contribution is 0.146. The quantitative estimate of drug-likeness (QED) is 0.419. The zero-order valence-corrected chi connectivity index (χ0v) is 22.9. The summed E-state index contributed by atoms with van der Waals surface area (Å²) >= 11 is 0. The molecule has 1 saturated heterocycles. The maximum Gasteiger partial charge on any atom is 0.243 e. The first-order valence-corrected chi connectivity index (χ1v) is 14.4. The number of aromatic nitrogens is 2. The van der Waals surface area contributed by atoms with Crippen molar-refractivity contribution in [2.24, 2.45) is 5.41 Å². The molecular weight excluding hydrogens is 503 g/mol. The molecule has 38 heavy (non-hydrogen) atoms. The van der Waals surface area contributed by atoms with E-state index in [0.29, 0.717) is 25.9 Å². The van der Waals surface area contributed by atoms with Gasteiger partial charge in [-0.05, 0) is 65.3 Å². The molecule has 3 N–H and O–H groups in total. The zero-order valence-electron chi connectivity index (χ0n) is 22.0. The largest absolute Gasteiger partial charge is 0.395 e. The number of piperidine rings is 1. The molecule has 0 saturated carbocycles. The summed E-state index contributed by atoms with van der Waals surface area (Å²) in [6.07, 6.45) is 4.98. The van der Waals surface area contributed by atoms with Crippen LogP contribution in [0.2, 0.25) is 0 Å². The Bertz CT molecular complexity index is 1430. The van der Waals surface area contributed by atoms with Gasteiger partial charge >= 0.3 is 0 Å². The van der Waals surface area contributed by atoms with Gasteiger partial charge in [0.15, 0.2) is 0 Å². The summed E-state index contributed by atoms with van der Waals surface area (Å²) in [4.78, 5) is 0.273. The molecule has 1 aliphatic heterocycles. The minimum absolute atomic E-state index is 0.0775. The van der Waals surface area contributed by atoms with Gasteiger partial charge in [0.2, 0.25) is 10.0 Å². The van der Waals surface area contributed by atoms with Gasteiger partial charge in [-0.1, -0.05) is 50.6 Å². The third-order valence-electron chi connectivity index (χ3n) is 7.88. The second-order valence-electron chi connectivity index (χ2n) is 11.3. The maximum atomic E-state index is 14.0. The average Bonchev–Trinajstić information content (AvgIpc) is 3.34. The lowest BCUT2D eigenvalue weighted by atomic mass is 9.63. The highest BCUT2D eigenvalue weighted by Gasteiger charge is 2.50. The van der Waals surface area contributed by atoms with Crippen LogP contribution in [0.4, 0.5) is 4.39 Å². The lowest BCUT2D eigenvalue weighted by Crippen LogP contribution is -2.55. The van der Waals surface area contributed by atoms with E-state index in [1.54, 1.807) is 34.8 Å². The summed E-state index contributed by atoms with van der Waals surface area (Å²) in [7, 11) is -3.77. The Balaban J connectivity index is 1.58. The van der Waals surface area contributed by atoms with Crippen LogP contribution in [0, 0.1) is 11.2 Å². The summed E-state index contributed by atoms with van der Waals surface area (Å²) in [5.74, 6) is -0.338. The first-order valence-electron chi connectivity index (χ1n) is 13.0. The topological polar surface area (TPSA) is 98.3 Å². The van der Waals surface area contributed by atoms with E-state index < -0.39 is 15.4 Å². The van der Waals surface area contributed by atoms with Crippen LogP contribution in [0.3, 0.4) is 0 Å².